The van der Waals surface area contributed by atoms with Crippen LogP contribution in [-0.2, 0) is 6.54 Å². The average Bonchev–Trinajstić information content (AvgIpc) is 2.69. The molecule has 0 saturated carbocycles. The predicted octanol–water partition coefficient (Wildman–Crippen LogP) is 3.83. The Bertz CT molecular complexity index is 532. The van der Waals surface area contributed by atoms with Gasteiger partial charge in [0.05, 0.1) is 10.7 Å². The Morgan fingerprint density at radius 3 is 2.72 bits per heavy atom. The van der Waals surface area contributed by atoms with E-state index >= 15 is 0 Å². The Kier molecular flexibility index (Phi) is 3.92. The van der Waals surface area contributed by atoms with E-state index in [1.54, 1.807) is 0 Å². The van der Waals surface area contributed by atoms with Crippen molar-refractivity contribution in [2.24, 2.45) is 5.92 Å². The van der Waals surface area contributed by atoms with Crippen LogP contribution in [0.4, 0.5) is 5.69 Å². The third-order valence-electron chi connectivity index (χ3n) is 2.85. The van der Waals surface area contributed by atoms with Crippen LogP contribution in [-0.4, -0.2) is 9.78 Å². The van der Waals surface area contributed by atoms with E-state index in [2.05, 4.69) is 18.9 Å². The van der Waals surface area contributed by atoms with Crippen molar-refractivity contribution < 1.29 is 0 Å². The molecule has 0 fully saturated rings. The molecule has 1 heterocycles. The fraction of sp³-hybridized carbons (Fsp3) is 0.357. The average molecular weight is 264 g/mol. The molecule has 1 aromatic carbocycles. The highest BCUT2D eigenvalue weighted by Crippen LogP contribution is 2.30. The monoisotopic (exact) mass is 263 g/mol. The fourth-order valence-electron chi connectivity index (χ4n) is 1.80. The molecule has 0 spiro atoms. The molecule has 2 aromatic rings. The summed E-state index contributed by atoms with van der Waals surface area (Å²) in [6, 6.07) is 7.63. The van der Waals surface area contributed by atoms with Gasteiger partial charge in [-0.1, -0.05) is 43.6 Å². The summed E-state index contributed by atoms with van der Waals surface area (Å²) >= 11 is 6.16. The maximum absolute atomic E-state index is 6.16. The summed E-state index contributed by atoms with van der Waals surface area (Å²) in [5, 5.41) is 5.20. The summed E-state index contributed by atoms with van der Waals surface area (Å²) in [6.45, 7) is 5.27. The van der Waals surface area contributed by atoms with E-state index in [-0.39, 0.29) is 0 Å². The van der Waals surface area contributed by atoms with Gasteiger partial charge in [-0.3, -0.25) is 4.68 Å². The highest BCUT2D eigenvalue weighted by molar-refractivity contribution is 6.33. The molecule has 0 amide bonds. The first-order valence-electron chi connectivity index (χ1n) is 6.15. The smallest absolute Gasteiger partial charge is 0.117 e. The number of nitrogens with two attached hydrogens (primary N) is 1. The second-order valence-corrected chi connectivity index (χ2v) is 5.27. The number of aromatic nitrogens is 2. The van der Waals surface area contributed by atoms with Gasteiger partial charge in [0.1, 0.15) is 5.69 Å². The number of hydrogen-bond acceptors (Lipinski definition) is 2. The number of anilines is 1. The lowest BCUT2D eigenvalue weighted by Crippen LogP contribution is -2.02. The topological polar surface area (TPSA) is 43.8 Å². The second kappa shape index (κ2) is 5.44. The fourth-order valence-corrected chi connectivity index (χ4v) is 2.03. The van der Waals surface area contributed by atoms with Gasteiger partial charge in [0.15, 0.2) is 0 Å². The molecule has 0 bridgehead atoms. The van der Waals surface area contributed by atoms with E-state index in [0.717, 1.165) is 24.2 Å². The molecule has 2 N–H and O–H groups in total. The minimum absolute atomic E-state index is 0.652. The van der Waals surface area contributed by atoms with Crippen LogP contribution >= 0.6 is 11.6 Å². The number of hydrogen-bond donors (Lipinski definition) is 1. The normalized spacial score (nSPS) is 11.1. The molecule has 96 valence electrons. The van der Waals surface area contributed by atoms with Crippen molar-refractivity contribution in [3.63, 3.8) is 0 Å². The number of nitrogens with zero attached hydrogens (tertiary/aromatic N) is 2. The van der Waals surface area contributed by atoms with Gasteiger partial charge in [-0.25, -0.2) is 0 Å². The highest BCUT2D eigenvalue weighted by Gasteiger charge is 2.11. The SMILES string of the molecule is CC(C)CCn1cc(N)c(-c2ccccc2Cl)n1. The van der Waals surface area contributed by atoms with Crippen LogP contribution in [0.5, 0.6) is 0 Å². The van der Waals surface area contributed by atoms with Crippen LogP contribution in [0, 0.1) is 5.92 Å². The molecule has 0 unspecified atom stereocenters. The Hall–Kier alpha value is -1.48. The minimum atomic E-state index is 0.652. The summed E-state index contributed by atoms with van der Waals surface area (Å²) in [4.78, 5) is 0. The largest absolute Gasteiger partial charge is 0.396 e. The highest BCUT2D eigenvalue weighted by atomic mass is 35.5. The molecule has 0 aliphatic carbocycles. The molecule has 4 heteroatoms. The molecule has 18 heavy (non-hydrogen) atoms. The van der Waals surface area contributed by atoms with Gasteiger partial charge in [0.25, 0.3) is 0 Å². The first kappa shape index (κ1) is 13.0. The van der Waals surface area contributed by atoms with Gasteiger partial charge in [0.2, 0.25) is 0 Å². The maximum Gasteiger partial charge on any atom is 0.117 e. The van der Waals surface area contributed by atoms with E-state index in [1.807, 2.05) is 35.1 Å². The van der Waals surface area contributed by atoms with Crippen molar-refractivity contribution in [2.45, 2.75) is 26.8 Å². The lowest BCUT2D eigenvalue weighted by atomic mass is 10.1. The van der Waals surface area contributed by atoms with Crippen LogP contribution in [0.15, 0.2) is 30.5 Å². The number of rotatable bonds is 4. The molecule has 0 radical (unpaired) electrons. The molecule has 0 atom stereocenters. The summed E-state index contributed by atoms with van der Waals surface area (Å²) < 4.78 is 1.90. The molecule has 0 aliphatic rings. The van der Waals surface area contributed by atoms with Crippen molar-refractivity contribution in [3.8, 4) is 11.3 Å². The zero-order valence-electron chi connectivity index (χ0n) is 10.7. The summed E-state index contributed by atoms with van der Waals surface area (Å²) in [7, 11) is 0. The predicted molar refractivity (Wildman–Crippen MR) is 76.5 cm³/mol. The van der Waals surface area contributed by atoms with Gasteiger partial charge in [-0.2, -0.15) is 5.10 Å². The van der Waals surface area contributed by atoms with Crippen LogP contribution in [0.2, 0.25) is 5.02 Å². The van der Waals surface area contributed by atoms with E-state index in [4.69, 9.17) is 17.3 Å². The first-order chi connectivity index (χ1) is 8.58. The molecule has 1 aromatic heterocycles. The van der Waals surface area contributed by atoms with Crippen molar-refractivity contribution in [2.75, 3.05) is 5.73 Å². The Morgan fingerprint density at radius 2 is 2.06 bits per heavy atom. The third kappa shape index (κ3) is 2.85. The van der Waals surface area contributed by atoms with Gasteiger partial charge >= 0.3 is 0 Å². The summed E-state index contributed by atoms with van der Waals surface area (Å²) in [5.41, 5.74) is 8.34. The number of halogens is 1. The van der Waals surface area contributed by atoms with Crippen molar-refractivity contribution in [3.05, 3.63) is 35.5 Å². The Balaban J connectivity index is 2.27. The summed E-state index contributed by atoms with van der Waals surface area (Å²) in [5.74, 6) is 0.652. The van der Waals surface area contributed by atoms with Crippen molar-refractivity contribution in [1.82, 2.24) is 9.78 Å². The summed E-state index contributed by atoms with van der Waals surface area (Å²) in [6.07, 6.45) is 2.96. The number of nitrogen functional groups attached to an aromatic ring is 1. The molecule has 3 nitrogen and oxygen atoms in total. The van der Waals surface area contributed by atoms with E-state index in [9.17, 15) is 0 Å². The first-order valence-corrected chi connectivity index (χ1v) is 6.53. The molecule has 0 saturated heterocycles. The van der Waals surface area contributed by atoms with E-state index < -0.39 is 0 Å². The zero-order chi connectivity index (χ0) is 13.1. The van der Waals surface area contributed by atoms with Gasteiger partial charge < -0.3 is 5.73 Å². The second-order valence-electron chi connectivity index (χ2n) is 4.86. The molecule has 2 rings (SSSR count). The standard InChI is InChI=1S/C14H18ClN3/c1-10(2)7-8-18-9-13(16)14(17-18)11-5-3-4-6-12(11)15/h3-6,9-10H,7-8,16H2,1-2H3. The lowest BCUT2D eigenvalue weighted by molar-refractivity contribution is 0.488. The third-order valence-corrected chi connectivity index (χ3v) is 3.18. The quantitative estimate of drug-likeness (QED) is 0.911. The zero-order valence-corrected chi connectivity index (χ0v) is 11.5. The number of benzene rings is 1. The van der Waals surface area contributed by atoms with Crippen molar-refractivity contribution >= 4 is 17.3 Å². The van der Waals surface area contributed by atoms with Crippen molar-refractivity contribution in [1.29, 1.82) is 0 Å². The van der Waals surface area contributed by atoms with E-state index in [1.165, 1.54) is 0 Å². The Morgan fingerprint density at radius 1 is 1.33 bits per heavy atom. The van der Waals surface area contributed by atoms with Gasteiger partial charge in [-0.05, 0) is 18.4 Å². The van der Waals surface area contributed by atoms with Gasteiger partial charge in [-0.15, -0.1) is 0 Å². The van der Waals surface area contributed by atoms with E-state index in [0.29, 0.717) is 16.6 Å². The van der Waals surface area contributed by atoms with Crippen LogP contribution in [0.25, 0.3) is 11.3 Å². The molecular weight excluding hydrogens is 246 g/mol. The Labute approximate surface area is 113 Å². The lowest BCUT2D eigenvalue weighted by Gasteiger charge is -2.04. The van der Waals surface area contributed by atoms with Crippen LogP contribution in [0.3, 0.4) is 0 Å². The van der Waals surface area contributed by atoms with Gasteiger partial charge in [0, 0.05) is 18.3 Å². The molecule has 0 aliphatic heterocycles. The molecular formula is C14H18ClN3. The van der Waals surface area contributed by atoms with Crippen LogP contribution < -0.4 is 5.73 Å². The maximum atomic E-state index is 6.16. The van der Waals surface area contributed by atoms with Crippen LogP contribution in [0.1, 0.15) is 20.3 Å². The number of aryl methyl sites for hydroxylation is 1. The minimum Gasteiger partial charge on any atom is -0.396 e.